The van der Waals surface area contributed by atoms with Crippen LogP contribution in [0.1, 0.15) is 26.3 Å². The van der Waals surface area contributed by atoms with Crippen LogP contribution in [0.4, 0.5) is 16.2 Å². The molecule has 0 atom stereocenters. The van der Waals surface area contributed by atoms with Gasteiger partial charge in [0.1, 0.15) is 18.0 Å². The summed E-state index contributed by atoms with van der Waals surface area (Å²) < 4.78 is 12.5. The van der Waals surface area contributed by atoms with Gasteiger partial charge in [0.15, 0.2) is 0 Å². The highest BCUT2D eigenvalue weighted by atomic mass is 127. The molecule has 0 N–H and O–H groups in total. The molecule has 0 spiro atoms. The Morgan fingerprint density at radius 3 is 2.47 bits per heavy atom. The Labute approximate surface area is 216 Å². The van der Waals surface area contributed by atoms with Gasteiger partial charge in [-0.15, -0.1) is 0 Å². The van der Waals surface area contributed by atoms with Crippen molar-refractivity contribution < 1.29 is 19.2 Å². The Hall–Kier alpha value is -2.85. The van der Waals surface area contributed by atoms with E-state index in [1.54, 1.807) is 39.0 Å². The minimum Gasteiger partial charge on any atom is -0.488 e. The lowest BCUT2D eigenvalue weighted by molar-refractivity contribution is -0.384. The summed E-state index contributed by atoms with van der Waals surface area (Å²) in [6.45, 7) is 5.80. The molecule has 0 aromatic heterocycles. The summed E-state index contributed by atoms with van der Waals surface area (Å²) in [6, 6.07) is 15.9. The van der Waals surface area contributed by atoms with Crippen LogP contribution in [0.5, 0.6) is 5.75 Å². The van der Waals surface area contributed by atoms with Crippen LogP contribution in [-0.2, 0) is 11.3 Å². The van der Waals surface area contributed by atoms with Crippen LogP contribution in [-0.4, -0.2) is 23.2 Å². The minimum atomic E-state index is -0.699. The predicted octanol–water partition coefficient (Wildman–Crippen LogP) is 7.43. The zero-order valence-electron chi connectivity index (χ0n) is 19.0. The van der Waals surface area contributed by atoms with Crippen molar-refractivity contribution in [3.63, 3.8) is 0 Å². The number of carbonyl (C=O) groups is 1. The van der Waals surface area contributed by atoms with E-state index >= 15 is 0 Å². The summed E-state index contributed by atoms with van der Waals surface area (Å²) in [5.41, 5.74) is 2.08. The van der Waals surface area contributed by atoms with Gasteiger partial charge in [-0.3, -0.25) is 15.0 Å². The zero-order valence-corrected chi connectivity index (χ0v) is 21.9. The first-order chi connectivity index (χ1) is 16.1. The first-order valence-electron chi connectivity index (χ1n) is 10.4. The third-order valence-corrected chi connectivity index (χ3v) is 6.04. The fourth-order valence-electron chi connectivity index (χ4n) is 3.23. The van der Waals surface area contributed by atoms with E-state index in [1.165, 1.54) is 22.6 Å². The normalized spacial score (nSPS) is 11.6. The number of halogens is 2. The quantitative estimate of drug-likeness (QED) is 0.161. The van der Waals surface area contributed by atoms with Crippen LogP contribution in [0.3, 0.4) is 0 Å². The van der Waals surface area contributed by atoms with Crippen molar-refractivity contribution in [2.45, 2.75) is 33.0 Å². The topological polar surface area (TPSA) is 81.9 Å². The Morgan fingerprint density at radius 2 is 1.85 bits per heavy atom. The molecular weight excluding hydrogens is 571 g/mol. The van der Waals surface area contributed by atoms with Crippen molar-refractivity contribution in [1.29, 1.82) is 0 Å². The van der Waals surface area contributed by atoms with Crippen molar-refractivity contribution in [1.82, 2.24) is 0 Å². The van der Waals surface area contributed by atoms with Crippen molar-refractivity contribution in [3.05, 3.63) is 85.5 Å². The Balaban J connectivity index is 2.16. The van der Waals surface area contributed by atoms with Crippen LogP contribution in [0, 0.1) is 13.7 Å². The molecule has 0 aliphatic rings. The maximum absolute atomic E-state index is 13.1. The molecule has 3 rings (SSSR count). The number of rotatable bonds is 7. The SMILES string of the molecule is CC(C)(C)OC(=O)N(C/C=C/Cl)c1cc(OCc2ccccc2)c2cc([N+](=O)[O-])ccc2c1I. The molecule has 0 unspecified atom stereocenters. The van der Waals surface area contributed by atoms with Crippen LogP contribution < -0.4 is 9.64 Å². The summed E-state index contributed by atoms with van der Waals surface area (Å²) in [6.07, 6.45) is 1.09. The Bertz CT molecular complexity index is 1230. The highest BCUT2D eigenvalue weighted by Gasteiger charge is 2.26. The van der Waals surface area contributed by atoms with Crippen LogP contribution in [0.15, 0.2) is 66.2 Å². The fraction of sp³-hybridized carbons (Fsp3) is 0.240. The molecule has 0 aliphatic heterocycles. The number of amides is 1. The summed E-state index contributed by atoms with van der Waals surface area (Å²) in [7, 11) is 0. The van der Waals surface area contributed by atoms with E-state index in [2.05, 4.69) is 22.6 Å². The molecule has 0 aliphatic carbocycles. The van der Waals surface area contributed by atoms with E-state index in [1.807, 2.05) is 30.3 Å². The maximum atomic E-state index is 13.1. The van der Waals surface area contributed by atoms with Gasteiger partial charge in [0.25, 0.3) is 5.69 Å². The van der Waals surface area contributed by atoms with E-state index in [9.17, 15) is 14.9 Å². The second-order valence-corrected chi connectivity index (χ2v) is 9.75. The number of non-ortho nitro benzene ring substituents is 1. The van der Waals surface area contributed by atoms with Gasteiger partial charge in [0.05, 0.1) is 10.6 Å². The second-order valence-electron chi connectivity index (χ2n) is 8.42. The van der Waals surface area contributed by atoms with Gasteiger partial charge >= 0.3 is 6.09 Å². The van der Waals surface area contributed by atoms with Crippen molar-refractivity contribution in [2.24, 2.45) is 0 Å². The number of ether oxygens (including phenoxy) is 2. The lowest BCUT2D eigenvalue weighted by atomic mass is 10.1. The summed E-state index contributed by atoms with van der Waals surface area (Å²) in [4.78, 5) is 25.5. The largest absolute Gasteiger partial charge is 0.488 e. The first kappa shape index (κ1) is 25.8. The van der Waals surface area contributed by atoms with Crippen molar-refractivity contribution >= 4 is 62.4 Å². The summed E-state index contributed by atoms with van der Waals surface area (Å²) >= 11 is 7.88. The molecule has 0 radical (unpaired) electrons. The number of nitro groups is 1. The maximum Gasteiger partial charge on any atom is 0.415 e. The van der Waals surface area contributed by atoms with Crippen molar-refractivity contribution in [3.8, 4) is 5.75 Å². The number of nitrogens with zero attached hydrogens (tertiary/aromatic N) is 2. The van der Waals surface area contributed by atoms with E-state index in [4.69, 9.17) is 21.1 Å². The molecule has 1 amide bonds. The van der Waals surface area contributed by atoms with Gasteiger partial charge in [-0.25, -0.2) is 4.79 Å². The molecule has 7 nitrogen and oxygen atoms in total. The Morgan fingerprint density at radius 1 is 1.15 bits per heavy atom. The molecule has 3 aromatic carbocycles. The number of hydrogen-bond donors (Lipinski definition) is 0. The molecule has 178 valence electrons. The molecule has 0 saturated heterocycles. The highest BCUT2D eigenvalue weighted by molar-refractivity contribution is 14.1. The van der Waals surface area contributed by atoms with Gasteiger partial charge in [-0.1, -0.05) is 48.0 Å². The number of nitro benzene ring substituents is 1. The molecule has 9 heteroatoms. The van der Waals surface area contributed by atoms with E-state index in [0.717, 1.165) is 14.5 Å². The van der Waals surface area contributed by atoms with E-state index < -0.39 is 16.6 Å². The highest BCUT2D eigenvalue weighted by Crippen LogP contribution is 2.39. The van der Waals surface area contributed by atoms with Crippen LogP contribution in [0.25, 0.3) is 10.8 Å². The van der Waals surface area contributed by atoms with Gasteiger partial charge < -0.3 is 9.47 Å². The van der Waals surface area contributed by atoms with Gasteiger partial charge in [0.2, 0.25) is 0 Å². The molecular formula is C25H24ClIN2O5. The summed E-state index contributed by atoms with van der Waals surface area (Å²) in [5, 5.41) is 12.7. The number of hydrogen-bond acceptors (Lipinski definition) is 5. The third-order valence-electron chi connectivity index (χ3n) is 4.73. The number of benzene rings is 3. The second kappa shape index (κ2) is 11.1. The standard InChI is InChI=1S/C25H24ClIN2O5/c1-25(2,3)34-24(30)28(13-7-12-26)21-15-22(33-16-17-8-5-4-6-9-17)20-14-18(29(31)32)10-11-19(20)23(21)27/h4-12,14-15H,13,16H2,1-3H3/b12-7+. The molecule has 34 heavy (non-hydrogen) atoms. The van der Waals surface area contributed by atoms with Gasteiger partial charge in [0, 0.05) is 44.6 Å². The fourth-order valence-corrected chi connectivity index (χ4v) is 4.23. The zero-order chi connectivity index (χ0) is 24.9. The molecule has 0 saturated carbocycles. The van der Waals surface area contributed by atoms with Crippen LogP contribution >= 0.6 is 34.2 Å². The van der Waals surface area contributed by atoms with Crippen molar-refractivity contribution in [2.75, 3.05) is 11.4 Å². The minimum absolute atomic E-state index is 0.0466. The number of fused-ring (bicyclic) bond motifs is 1. The Kier molecular flexibility index (Phi) is 8.37. The monoisotopic (exact) mass is 594 g/mol. The third kappa shape index (κ3) is 6.38. The van der Waals surface area contributed by atoms with Gasteiger partial charge in [-0.05, 0) is 55.0 Å². The molecule has 0 fully saturated rings. The lowest BCUT2D eigenvalue weighted by Crippen LogP contribution is -2.37. The average Bonchev–Trinajstić information content (AvgIpc) is 2.79. The molecule has 3 aromatic rings. The number of carbonyl (C=O) groups excluding carboxylic acids is 1. The molecule has 0 bridgehead atoms. The smallest absolute Gasteiger partial charge is 0.415 e. The predicted molar refractivity (Wildman–Crippen MR) is 143 cm³/mol. The number of anilines is 1. The van der Waals surface area contributed by atoms with E-state index in [-0.39, 0.29) is 18.8 Å². The summed E-state index contributed by atoms with van der Waals surface area (Å²) in [5.74, 6) is 0.418. The average molecular weight is 595 g/mol. The van der Waals surface area contributed by atoms with Gasteiger partial charge in [-0.2, -0.15) is 0 Å². The lowest BCUT2D eigenvalue weighted by Gasteiger charge is -2.28. The van der Waals surface area contributed by atoms with Crippen LogP contribution in [0.2, 0.25) is 0 Å². The van der Waals surface area contributed by atoms with E-state index in [0.29, 0.717) is 16.8 Å². The first-order valence-corrected chi connectivity index (χ1v) is 12.0. The molecule has 0 heterocycles.